The first-order valence-corrected chi connectivity index (χ1v) is 17.1. The number of rotatable bonds is 1. The van der Waals surface area contributed by atoms with Crippen molar-refractivity contribution in [2.45, 2.75) is 33.5 Å². The van der Waals surface area contributed by atoms with Crippen LogP contribution in [0.25, 0.3) is 0 Å². The van der Waals surface area contributed by atoms with Crippen LogP contribution in [0.15, 0.2) is 0 Å². The molecule has 0 rings (SSSR count). The van der Waals surface area contributed by atoms with Crippen molar-refractivity contribution in [3.63, 3.8) is 0 Å². The third-order valence-corrected chi connectivity index (χ3v) is 17.1. The van der Waals surface area contributed by atoms with E-state index in [1.807, 2.05) is 19.6 Å². The van der Waals surface area contributed by atoms with Gasteiger partial charge >= 0.3 is 53.7 Å². The first-order chi connectivity index (χ1) is 6.41. The van der Waals surface area contributed by atoms with Gasteiger partial charge in [0.15, 0.2) is 0 Å². The van der Waals surface area contributed by atoms with E-state index in [1.165, 1.54) is 0 Å². The molecule has 15 heavy (non-hydrogen) atoms. The van der Waals surface area contributed by atoms with Gasteiger partial charge in [0.05, 0.1) is 0 Å². The average Bonchev–Trinajstić information content (AvgIpc) is 1.80. The fourth-order valence-electron chi connectivity index (χ4n) is 0. The summed E-state index contributed by atoms with van der Waals surface area (Å²) in [6.07, 6.45) is 0. The Morgan fingerprint density at radius 1 is 0.933 bits per heavy atom. The number of carbonyl (C=O) groups excluding carboxylic acids is 2. The Morgan fingerprint density at radius 2 is 1.00 bits per heavy atom. The topological polar surface area (TPSA) is 114 Å². The van der Waals surface area contributed by atoms with Gasteiger partial charge in [0, 0.05) is 11.9 Å². The molecule has 0 saturated carbocycles. The van der Waals surface area contributed by atoms with Gasteiger partial charge in [-0.2, -0.15) is 0 Å². The Bertz CT molecular complexity index is 237. The van der Waals surface area contributed by atoms with E-state index in [0.29, 0.717) is 0 Å². The van der Waals surface area contributed by atoms with Gasteiger partial charge in [0.1, 0.15) is 0 Å². The molecule has 0 spiro atoms. The standard InChI is InChI=1S/C3H9Si.2C2H4O2.2O.U/c1-4(2)3;2*1-2(3)4;;;/h1-3H3;2*1H3,(H,3,4);;;/q;;;;;+2/p-2. The number of aliphatic carboxylic acids is 2. The molecule has 0 radical (unpaired) electrons. The van der Waals surface area contributed by atoms with Crippen LogP contribution in [-0.4, -0.2) is 16.3 Å². The summed E-state index contributed by atoms with van der Waals surface area (Å²) in [5, 5.41) is 17.8. The second-order valence-corrected chi connectivity index (χ2v) is 33.0. The predicted molar refractivity (Wildman–Crippen MR) is 46.1 cm³/mol. The van der Waals surface area contributed by atoms with E-state index < -0.39 is 41.5 Å². The van der Waals surface area contributed by atoms with Crippen molar-refractivity contribution >= 4 is 16.3 Å². The summed E-state index contributed by atoms with van der Waals surface area (Å²) in [5.74, 6) is -2.17. The van der Waals surface area contributed by atoms with Crippen LogP contribution in [0.3, 0.4) is 0 Å². The van der Waals surface area contributed by atoms with Crippen molar-refractivity contribution in [1.29, 1.82) is 0 Å². The van der Waals surface area contributed by atoms with Crippen LogP contribution in [-0.2, 0) is 14.1 Å². The first kappa shape index (κ1) is 20.2. The summed E-state index contributed by atoms with van der Waals surface area (Å²) in [6.45, 7) is 7.57. The summed E-state index contributed by atoms with van der Waals surface area (Å²) in [7, 11) is 0. The van der Waals surface area contributed by atoms with Crippen LogP contribution in [0, 0.1) is 25.2 Å². The molecule has 87 valence electrons. The SMILES string of the molecule is CC(=O)[O-].CC(=O)[O-].C[Si](C)(C)[U+2](=[O])=[O]. The molecule has 6 nitrogen and oxygen atoms in total. The molecule has 0 saturated heterocycles. The van der Waals surface area contributed by atoms with Crippen molar-refractivity contribution in [3.8, 4) is 0 Å². The summed E-state index contributed by atoms with van der Waals surface area (Å²) >= 11 is -3.42. The van der Waals surface area contributed by atoms with Gasteiger partial charge in [-0.1, -0.05) is 0 Å². The molecule has 0 heterocycles. The van der Waals surface area contributed by atoms with Crippen LogP contribution in [0.2, 0.25) is 19.6 Å². The van der Waals surface area contributed by atoms with Crippen LogP contribution in [0.4, 0.5) is 0 Å². The third kappa shape index (κ3) is 57.1. The van der Waals surface area contributed by atoms with Gasteiger partial charge in [0.2, 0.25) is 0 Å². The fourth-order valence-corrected chi connectivity index (χ4v) is 0. The molecule has 0 bridgehead atoms. The summed E-state index contributed by atoms with van der Waals surface area (Å²) in [5.41, 5.74) is 0. The number of hydrogen-bond acceptors (Lipinski definition) is 6. The second kappa shape index (κ2) is 10.3. The van der Waals surface area contributed by atoms with E-state index in [-0.39, 0.29) is 0 Å². The second-order valence-electron chi connectivity index (χ2n) is 3.52. The predicted octanol–water partition coefficient (Wildman–Crippen LogP) is -1.35. The van der Waals surface area contributed by atoms with Crippen LogP contribution in [0.1, 0.15) is 13.8 Å². The summed E-state index contributed by atoms with van der Waals surface area (Å²) in [6, 6.07) is 0. The maximum atomic E-state index is 10.3. The molecule has 0 fully saturated rings. The van der Waals surface area contributed by atoms with Gasteiger partial charge in [-0.05, 0) is 13.8 Å². The number of carboxylic acid groups (broad SMARTS) is 2. The van der Waals surface area contributed by atoms with Gasteiger partial charge in [-0.3, -0.25) is 0 Å². The Morgan fingerprint density at radius 3 is 1.00 bits per heavy atom. The van der Waals surface area contributed by atoms with E-state index >= 15 is 0 Å². The molecule has 0 aliphatic heterocycles. The van der Waals surface area contributed by atoms with Crippen molar-refractivity contribution in [1.82, 2.24) is 0 Å². The normalized spacial score (nSPS) is 8.60. The van der Waals surface area contributed by atoms with Crippen molar-refractivity contribution in [3.05, 3.63) is 0 Å². The summed E-state index contributed by atoms with van der Waals surface area (Å²) < 4.78 is 18.9. The van der Waals surface area contributed by atoms with Crippen molar-refractivity contribution in [2.24, 2.45) is 0 Å². The van der Waals surface area contributed by atoms with E-state index in [9.17, 15) is 4.47 Å². The zero-order chi connectivity index (χ0) is 13.2. The van der Waals surface area contributed by atoms with Crippen molar-refractivity contribution < 1.29 is 49.5 Å². The van der Waals surface area contributed by atoms with Crippen molar-refractivity contribution in [2.75, 3.05) is 0 Å². The molecule has 0 aromatic rings. The van der Waals surface area contributed by atoms with Crippen LogP contribution < -0.4 is 10.2 Å². The molecule has 0 aliphatic carbocycles. The molecule has 0 aliphatic rings. The van der Waals surface area contributed by atoms with Crippen LogP contribution >= 0.6 is 0 Å². The summed E-state index contributed by atoms with van der Waals surface area (Å²) in [4.78, 5) is 17.8. The van der Waals surface area contributed by atoms with Gasteiger partial charge in [-0.15, -0.1) is 0 Å². The molecule has 0 atom stereocenters. The number of carbonyl (C=O) groups is 2. The zero-order valence-corrected chi connectivity index (χ0v) is 14.6. The quantitative estimate of drug-likeness (QED) is 0.446. The van der Waals surface area contributed by atoms with E-state index in [2.05, 4.69) is 0 Å². The van der Waals surface area contributed by atoms with E-state index in [1.54, 1.807) is 0 Å². The molecule has 0 amide bonds. The molecule has 0 N–H and O–H groups in total. The zero-order valence-electron chi connectivity index (χ0n) is 9.45. The maximum absolute atomic E-state index is 10.3. The van der Waals surface area contributed by atoms with Gasteiger partial charge in [0.25, 0.3) is 0 Å². The average molecular weight is 461 g/mol. The minimum absolute atomic E-state index is 0.972. The third-order valence-electron chi connectivity index (χ3n) is 0.612. The monoisotopic (exact) mass is 461 g/mol. The molecule has 0 aromatic carbocycles. The first-order valence-electron chi connectivity index (χ1n) is 3.97. The van der Waals surface area contributed by atoms with E-state index in [0.717, 1.165) is 13.8 Å². The molecule has 8 heteroatoms. The fraction of sp³-hybridized carbons (Fsp3) is 0.714. The Labute approximate surface area is 98.8 Å². The van der Waals surface area contributed by atoms with Crippen LogP contribution in [0.5, 0.6) is 0 Å². The Kier molecular flexibility index (Phi) is 13.9. The van der Waals surface area contributed by atoms with Gasteiger partial charge in [-0.25, -0.2) is 0 Å². The number of carboxylic acids is 2. The molecular formula is C7H15O6SiU. The molecule has 0 aromatic heterocycles. The van der Waals surface area contributed by atoms with Gasteiger partial charge < -0.3 is 19.8 Å². The molecule has 0 unspecified atom stereocenters. The molecular weight excluding hydrogens is 446 g/mol. The Hall–Kier alpha value is -0.191. The van der Waals surface area contributed by atoms with E-state index in [4.69, 9.17) is 19.8 Å². The Balaban J connectivity index is -0.000000155. The minimum atomic E-state index is -3.42. The number of hydrogen-bond donors (Lipinski definition) is 0.